The van der Waals surface area contributed by atoms with Gasteiger partial charge in [0.1, 0.15) is 16.9 Å². The van der Waals surface area contributed by atoms with Crippen LogP contribution in [0.4, 0.5) is 0 Å². The number of aliphatic hydroxyl groups is 1. The number of carbonyl (C=O) groups excluding carboxylic acids is 1. The van der Waals surface area contributed by atoms with Gasteiger partial charge in [0.2, 0.25) is 5.91 Å². The Morgan fingerprint density at radius 3 is 2.67 bits per heavy atom. The molecule has 2 fully saturated rings. The Kier molecular flexibility index (Phi) is 6.50. The lowest BCUT2D eigenvalue weighted by Crippen LogP contribution is -2.54. The van der Waals surface area contributed by atoms with Gasteiger partial charge in [-0.25, -0.2) is 4.79 Å². The molecule has 39 heavy (non-hydrogen) atoms. The largest absolute Gasteiger partial charge is 0.497 e. The minimum atomic E-state index is -0.619. The zero-order valence-electron chi connectivity index (χ0n) is 22.8. The van der Waals surface area contributed by atoms with E-state index in [4.69, 9.17) is 13.6 Å². The van der Waals surface area contributed by atoms with E-state index in [2.05, 4.69) is 0 Å². The second kappa shape index (κ2) is 9.87. The van der Waals surface area contributed by atoms with E-state index in [0.717, 1.165) is 64.5 Å². The molecule has 1 aliphatic heterocycles. The van der Waals surface area contributed by atoms with Gasteiger partial charge < -0.3 is 23.6 Å². The van der Waals surface area contributed by atoms with E-state index in [0.29, 0.717) is 42.7 Å². The molecule has 1 saturated carbocycles. The van der Waals surface area contributed by atoms with Crippen LogP contribution in [0.2, 0.25) is 0 Å². The lowest BCUT2D eigenvalue weighted by Gasteiger charge is -2.47. The van der Waals surface area contributed by atoms with Crippen molar-refractivity contribution in [3.8, 4) is 16.9 Å². The number of likely N-dealkylation sites (tertiary alicyclic amines) is 1. The van der Waals surface area contributed by atoms with Crippen LogP contribution in [0.15, 0.2) is 50.2 Å². The van der Waals surface area contributed by atoms with Crippen LogP contribution >= 0.6 is 0 Å². The summed E-state index contributed by atoms with van der Waals surface area (Å²) in [6.45, 7) is 5.01. The van der Waals surface area contributed by atoms with Crippen molar-refractivity contribution in [2.75, 3.05) is 20.2 Å². The van der Waals surface area contributed by atoms with Gasteiger partial charge >= 0.3 is 5.63 Å². The van der Waals surface area contributed by atoms with Gasteiger partial charge in [0.05, 0.1) is 19.0 Å². The van der Waals surface area contributed by atoms with Gasteiger partial charge in [0.15, 0.2) is 0 Å². The van der Waals surface area contributed by atoms with Crippen molar-refractivity contribution in [3.63, 3.8) is 0 Å². The number of furan rings is 1. The number of aryl methyl sites for hydroxylation is 2. The fraction of sp³-hybridized carbons (Fsp3) is 0.438. The molecule has 7 heteroatoms. The number of amides is 1. The maximum Gasteiger partial charge on any atom is 0.339 e. The Hall–Kier alpha value is -3.58. The van der Waals surface area contributed by atoms with Crippen molar-refractivity contribution < 1.29 is 23.5 Å². The third-order valence-electron chi connectivity index (χ3n) is 9.11. The van der Waals surface area contributed by atoms with Crippen molar-refractivity contribution in [3.05, 3.63) is 63.7 Å². The first kappa shape index (κ1) is 25.7. The highest BCUT2D eigenvalue weighted by Crippen LogP contribution is 2.40. The minimum Gasteiger partial charge on any atom is -0.497 e. The molecule has 1 aliphatic carbocycles. The van der Waals surface area contributed by atoms with Gasteiger partial charge in [-0.1, -0.05) is 25.0 Å². The zero-order chi connectivity index (χ0) is 27.3. The number of hydrogen-bond acceptors (Lipinski definition) is 6. The minimum absolute atomic E-state index is 0.0322. The molecule has 204 valence electrons. The molecule has 0 spiro atoms. The monoisotopic (exact) mass is 529 g/mol. The van der Waals surface area contributed by atoms with Gasteiger partial charge in [-0.2, -0.15) is 0 Å². The second-order valence-corrected chi connectivity index (χ2v) is 11.3. The summed E-state index contributed by atoms with van der Waals surface area (Å²) in [6.07, 6.45) is 6.90. The zero-order valence-corrected chi connectivity index (χ0v) is 22.8. The topological polar surface area (TPSA) is 93.1 Å². The number of fused-ring (bicyclic) bond motifs is 3. The number of nitrogens with zero attached hydrogens (tertiary/aromatic N) is 1. The smallest absolute Gasteiger partial charge is 0.339 e. The summed E-state index contributed by atoms with van der Waals surface area (Å²) in [6, 6.07) is 9.84. The number of benzene rings is 2. The number of rotatable bonds is 5. The van der Waals surface area contributed by atoms with Crippen molar-refractivity contribution in [1.29, 1.82) is 0 Å². The van der Waals surface area contributed by atoms with Crippen LogP contribution in [0.1, 0.15) is 55.2 Å². The highest BCUT2D eigenvalue weighted by atomic mass is 16.5. The molecule has 1 saturated heterocycles. The van der Waals surface area contributed by atoms with Gasteiger partial charge in [0.25, 0.3) is 0 Å². The third-order valence-corrected chi connectivity index (χ3v) is 9.11. The SMILES string of the molecule is COc1ccc(-c2coc3c(C)c4oc(=O)c(CCC(=O)N5CC[C@@]6(O)CCCC[C@@H]6C5)c(C)c4cc23)cc1. The van der Waals surface area contributed by atoms with Crippen LogP contribution in [-0.2, 0) is 11.2 Å². The number of hydrogen-bond donors (Lipinski definition) is 1. The van der Waals surface area contributed by atoms with Crippen LogP contribution < -0.4 is 10.4 Å². The highest BCUT2D eigenvalue weighted by molar-refractivity contribution is 6.05. The first-order valence-corrected chi connectivity index (χ1v) is 13.9. The molecule has 2 atom stereocenters. The number of methoxy groups -OCH3 is 1. The predicted molar refractivity (Wildman–Crippen MR) is 150 cm³/mol. The predicted octanol–water partition coefficient (Wildman–Crippen LogP) is 5.92. The Morgan fingerprint density at radius 2 is 1.90 bits per heavy atom. The first-order chi connectivity index (χ1) is 18.8. The van der Waals surface area contributed by atoms with E-state index in [1.807, 2.05) is 49.1 Å². The maximum atomic E-state index is 13.2. The molecule has 2 aromatic carbocycles. The molecule has 2 aliphatic rings. The quantitative estimate of drug-likeness (QED) is 0.323. The van der Waals surface area contributed by atoms with Crippen LogP contribution in [0.5, 0.6) is 5.75 Å². The standard InChI is InChI=1S/C32H35NO6/c1-19-24(11-12-28(34)33-15-14-32(36)13-5-4-6-22(32)17-33)31(35)39-30-20(2)29-26(16-25(19)30)27(18-38-29)21-7-9-23(37-3)10-8-21/h7-10,16,18,22,36H,4-6,11-15,17H2,1-3H3/t22-,32+/m1/s1. The van der Waals surface area contributed by atoms with Gasteiger partial charge in [-0.05, 0) is 68.9 Å². The second-order valence-electron chi connectivity index (χ2n) is 11.3. The van der Waals surface area contributed by atoms with Crippen molar-refractivity contribution in [2.24, 2.45) is 5.92 Å². The molecule has 7 nitrogen and oxygen atoms in total. The van der Waals surface area contributed by atoms with Crippen molar-refractivity contribution in [1.82, 2.24) is 4.90 Å². The molecule has 0 radical (unpaired) electrons. The summed E-state index contributed by atoms with van der Waals surface area (Å²) in [5, 5.41) is 12.8. The molecule has 0 unspecified atom stereocenters. The van der Waals surface area contributed by atoms with Crippen molar-refractivity contribution in [2.45, 2.75) is 64.4 Å². The number of carbonyl (C=O) groups is 1. The lowest BCUT2D eigenvalue weighted by atomic mass is 9.71. The molecule has 3 heterocycles. The van der Waals surface area contributed by atoms with Gasteiger partial charge in [-0.3, -0.25) is 4.79 Å². The van der Waals surface area contributed by atoms with E-state index in [1.165, 1.54) is 0 Å². The van der Waals surface area contributed by atoms with Crippen LogP contribution in [0.25, 0.3) is 33.1 Å². The number of piperidine rings is 1. The maximum absolute atomic E-state index is 13.2. The summed E-state index contributed by atoms with van der Waals surface area (Å²) in [5.41, 5.74) is 4.28. The molecule has 0 bridgehead atoms. The molecular formula is C32H35NO6. The van der Waals surface area contributed by atoms with Gasteiger partial charge in [-0.15, -0.1) is 0 Å². The highest BCUT2D eigenvalue weighted by Gasteiger charge is 2.43. The van der Waals surface area contributed by atoms with Gasteiger partial charge in [0, 0.05) is 52.9 Å². The van der Waals surface area contributed by atoms with Crippen molar-refractivity contribution >= 4 is 27.8 Å². The summed E-state index contributed by atoms with van der Waals surface area (Å²) in [4.78, 5) is 28.1. The Morgan fingerprint density at radius 1 is 1.10 bits per heavy atom. The van der Waals surface area contributed by atoms with E-state index >= 15 is 0 Å². The Labute approximate surface area is 227 Å². The molecule has 1 N–H and O–H groups in total. The fourth-order valence-corrected chi connectivity index (χ4v) is 6.67. The summed E-state index contributed by atoms with van der Waals surface area (Å²) in [5.74, 6) is 0.963. The average Bonchev–Trinajstić information content (AvgIpc) is 3.37. The summed E-state index contributed by atoms with van der Waals surface area (Å²) in [7, 11) is 1.64. The molecule has 4 aromatic rings. The molecule has 2 aromatic heterocycles. The first-order valence-electron chi connectivity index (χ1n) is 13.9. The van der Waals surface area contributed by atoms with Crippen LogP contribution in [0.3, 0.4) is 0 Å². The normalized spacial score (nSPS) is 21.3. The van der Waals surface area contributed by atoms with E-state index < -0.39 is 11.2 Å². The lowest BCUT2D eigenvalue weighted by molar-refractivity contribution is -0.143. The fourth-order valence-electron chi connectivity index (χ4n) is 6.67. The third kappa shape index (κ3) is 4.42. The number of ether oxygens (including phenoxy) is 1. The average molecular weight is 530 g/mol. The molecular weight excluding hydrogens is 494 g/mol. The molecule has 1 amide bonds. The van der Waals surface area contributed by atoms with E-state index in [9.17, 15) is 14.7 Å². The Balaban J connectivity index is 1.29. The van der Waals surface area contributed by atoms with Crippen LogP contribution in [-0.4, -0.2) is 41.7 Å². The summed E-state index contributed by atoms with van der Waals surface area (Å²) >= 11 is 0. The van der Waals surface area contributed by atoms with E-state index in [-0.39, 0.29) is 18.2 Å². The van der Waals surface area contributed by atoms with Crippen LogP contribution in [0, 0.1) is 19.8 Å². The molecule has 6 rings (SSSR count). The summed E-state index contributed by atoms with van der Waals surface area (Å²) < 4.78 is 17.1. The van der Waals surface area contributed by atoms with E-state index in [1.54, 1.807) is 13.4 Å². The Bertz CT molecular complexity index is 1610.